The zero-order valence-corrected chi connectivity index (χ0v) is 11.4. The molecule has 0 amide bonds. The fourth-order valence-electron chi connectivity index (χ4n) is 1.36. The molecule has 0 fully saturated rings. The third-order valence-corrected chi connectivity index (χ3v) is 3.89. The fourth-order valence-corrected chi connectivity index (χ4v) is 2.43. The van der Waals surface area contributed by atoms with Crippen LogP contribution in [0.4, 0.5) is 0 Å². The van der Waals surface area contributed by atoms with E-state index < -0.39 is 0 Å². The first-order valence-electron chi connectivity index (χ1n) is 5.47. The fraction of sp³-hybridized carbons (Fsp3) is 0.727. The van der Waals surface area contributed by atoms with E-state index in [4.69, 9.17) is 16.7 Å². The van der Waals surface area contributed by atoms with Crippen LogP contribution in [0, 0.1) is 0 Å². The van der Waals surface area contributed by atoms with Gasteiger partial charge in [0.15, 0.2) is 0 Å². The lowest BCUT2D eigenvalue weighted by atomic mass is 10.2. The molecule has 1 heterocycles. The Morgan fingerprint density at radius 3 is 2.94 bits per heavy atom. The van der Waals surface area contributed by atoms with Gasteiger partial charge in [0.2, 0.25) is 0 Å². The number of nitrogens with zero attached hydrogens (tertiary/aromatic N) is 2. The highest BCUT2D eigenvalue weighted by Crippen LogP contribution is 2.13. The number of aryl methyl sites for hydroxylation is 1. The van der Waals surface area contributed by atoms with Crippen LogP contribution < -0.4 is 0 Å². The summed E-state index contributed by atoms with van der Waals surface area (Å²) in [5, 5.41) is 12.2. The van der Waals surface area contributed by atoms with Gasteiger partial charge in [-0.2, -0.15) is 0 Å². The van der Waals surface area contributed by atoms with E-state index in [9.17, 15) is 0 Å². The molecule has 1 N–H and O–H groups in total. The van der Waals surface area contributed by atoms with Crippen LogP contribution in [0.25, 0.3) is 0 Å². The summed E-state index contributed by atoms with van der Waals surface area (Å²) in [5.41, 5.74) is 0.971. The first-order chi connectivity index (χ1) is 7.67. The highest BCUT2D eigenvalue weighted by molar-refractivity contribution is 7.09. The van der Waals surface area contributed by atoms with Gasteiger partial charge in [0.1, 0.15) is 0 Å². The summed E-state index contributed by atoms with van der Waals surface area (Å²) in [4.78, 5) is 6.57. The number of halogens is 1. The topological polar surface area (TPSA) is 36.4 Å². The van der Waals surface area contributed by atoms with Gasteiger partial charge in [-0.1, -0.05) is 0 Å². The Balaban J connectivity index is 2.24. The highest BCUT2D eigenvalue weighted by Gasteiger charge is 2.07. The molecule has 0 aliphatic carbocycles. The molecule has 1 unspecified atom stereocenters. The van der Waals surface area contributed by atoms with Gasteiger partial charge in [-0.15, -0.1) is 22.9 Å². The van der Waals surface area contributed by atoms with Crippen LogP contribution in [0.2, 0.25) is 0 Å². The van der Waals surface area contributed by atoms with E-state index in [1.807, 2.05) is 19.4 Å². The van der Waals surface area contributed by atoms with E-state index in [1.54, 1.807) is 11.3 Å². The Hall–Kier alpha value is -0.160. The minimum atomic E-state index is 0.212. The number of rotatable bonds is 7. The molecule has 1 aromatic heterocycles. The van der Waals surface area contributed by atoms with Gasteiger partial charge in [0, 0.05) is 17.8 Å². The molecular formula is C11H19ClN2OS. The molecule has 1 rings (SSSR count). The summed E-state index contributed by atoms with van der Waals surface area (Å²) in [7, 11) is 2.03. The van der Waals surface area contributed by atoms with Crippen LogP contribution in [-0.2, 0) is 12.3 Å². The molecule has 0 spiro atoms. The number of thiazole rings is 1. The molecule has 0 aliphatic rings. The maximum absolute atomic E-state index is 8.99. The molecule has 1 atom stereocenters. The van der Waals surface area contributed by atoms with Crippen LogP contribution >= 0.6 is 22.9 Å². The molecule has 3 nitrogen and oxygen atoms in total. The molecule has 0 aliphatic heterocycles. The number of likely N-dealkylation sites (N-methyl/N-ethyl adjacent to an activating group) is 1. The molecule has 16 heavy (non-hydrogen) atoms. The highest BCUT2D eigenvalue weighted by atomic mass is 35.5. The van der Waals surface area contributed by atoms with E-state index in [-0.39, 0.29) is 12.6 Å². The van der Waals surface area contributed by atoms with Crippen LogP contribution in [0.15, 0.2) is 5.38 Å². The van der Waals surface area contributed by atoms with Gasteiger partial charge in [-0.05, 0) is 26.9 Å². The van der Waals surface area contributed by atoms with Crippen molar-refractivity contribution in [1.82, 2.24) is 9.88 Å². The molecule has 0 saturated heterocycles. The second-order valence-electron chi connectivity index (χ2n) is 3.98. The quantitative estimate of drug-likeness (QED) is 0.765. The lowest BCUT2D eigenvalue weighted by Crippen LogP contribution is -2.32. The van der Waals surface area contributed by atoms with Crippen molar-refractivity contribution < 1.29 is 5.11 Å². The van der Waals surface area contributed by atoms with Crippen molar-refractivity contribution in [3.05, 3.63) is 16.1 Å². The molecule has 1 aromatic rings. The number of hydrogen-bond acceptors (Lipinski definition) is 4. The van der Waals surface area contributed by atoms with E-state index in [0.717, 1.165) is 30.1 Å². The SMILES string of the molecule is CC(CO)N(C)CCCc1nc(CCl)cs1. The second kappa shape index (κ2) is 7.22. The van der Waals surface area contributed by atoms with Crippen molar-refractivity contribution >= 4 is 22.9 Å². The molecule has 0 radical (unpaired) electrons. The van der Waals surface area contributed by atoms with Crippen molar-refractivity contribution in [3.63, 3.8) is 0 Å². The Morgan fingerprint density at radius 1 is 1.62 bits per heavy atom. The van der Waals surface area contributed by atoms with Gasteiger partial charge < -0.3 is 10.0 Å². The van der Waals surface area contributed by atoms with Crippen molar-refractivity contribution in [2.24, 2.45) is 0 Å². The lowest BCUT2D eigenvalue weighted by molar-refractivity contribution is 0.158. The van der Waals surface area contributed by atoms with Gasteiger partial charge in [-0.25, -0.2) is 4.98 Å². The minimum Gasteiger partial charge on any atom is -0.395 e. The molecular weight excluding hydrogens is 244 g/mol. The van der Waals surface area contributed by atoms with Crippen molar-refractivity contribution in [1.29, 1.82) is 0 Å². The number of aliphatic hydroxyl groups is 1. The third kappa shape index (κ3) is 4.37. The van der Waals surface area contributed by atoms with E-state index in [2.05, 4.69) is 9.88 Å². The first-order valence-corrected chi connectivity index (χ1v) is 6.89. The number of alkyl halides is 1. The Bertz CT molecular complexity index is 306. The average molecular weight is 263 g/mol. The summed E-state index contributed by atoms with van der Waals surface area (Å²) in [6, 6.07) is 0.231. The van der Waals surface area contributed by atoms with Crippen molar-refractivity contribution in [2.45, 2.75) is 31.7 Å². The van der Waals surface area contributed by atoms with Gasteiger partial charge in [-0.3, -0.25) is 0 Å². The molecule has 0 bridgehead atoms. The lowest BCUT2D eigenvalue weighted by Gasteiger charge is -2.22. The standard InChI is InChI=1S/C11H19ClN2OS/c1-9(7-15)14(2)5-3-4-11-13-10(6-12)8-16-11/h8-9,15H,3-7H2,1-2H3. The van der Waals surface area contributed by atoms with E-state index >= 15 is 0 Å². The number of aliphatic hydroxyl groups excluding tert-OH is 1. The molecule has 92 valence electrons. The Kier molecular flexibility index (Phi) is 6.28. The number of hydrogen-bond donors (Lipinski definition) is 1. The van der Waals surface area contributed by atoms with E-state index in [0.29, 0.717) is 5.88 Å². The van der Waals surface area contributed by atoms with Crippen LogP contribution in [0.1, 0.15) is 24.0 Å². The van der Waals surface area contributed by atoms with Gasteiger partial charge >= 0.3 is 0 Å². The maximum atomic E-state index is 8.99. The molecule has 0 saturated carbocycles. The zero-order valence-electron chi connectivity index (χ0n) is 9.82. The zero-order chi connectivity index (χ0) is 12.0. The summed E-state index contributed by atoms with van der Waals surface area (Å²) < 4.78 is 0. The third-order valence-electron chi connectivity index (χ3n) is 2.65. The summed E-state index contributed by atoms with van der Waals surface area (Å²) in [6.07, 6.45) is 2.06. The predicted molar refractivity (Wildman–Crippen MR) is 69.2 cm³/mol. The maximum Gasteiger partial charge on any atom is 0.0929 e. The van der Waals surface area contributed by atoms with Crippen LogP contribution in [0.5, 0.6) is 0 Å². The van der Waals surface area contributed by atoms with Gasteiger partial charge in [0.25, 0.3) is 0 Å². The summed E-state index contributed by atoms with van der Waals surface area (Å²) >= 11 is 7.37. The number of aromatic nitrogens is 1. The molecule has 0 aromatic carbocycles. The largest absolute Gasteiger partial charge is 0.395 e. The summed E-state index contributed by atoms with van der Waals surface area (Å²) in [6.45, 7) is 3.22. The Morgan fingerprint density at radius 2 is 2.38 bits per heavy atom. The monoisotopic (exact) mass is 262 g/mol. The average Bonchev–Trinajstić information content (AvgIpc) is 2.75. The van der Waals surface area contributed by atoms with E-state index in [1.165, 1.54) is 0 Å². The molecule has 5 heteroatoms. The first kappa shape index (κ1) is 13.9. The van der Waals surface area contributed by atoms with Crippen LogP contribution in [0.3, 0.4) is 0 Å². The minimum absolute atomic E-state index is 0.212. The smallest absolute Gasteiger partial charge is 0.0929 e. The van der Waals surface area contributed by atoms with Crippen LogP contribution in [-0.4, -0.2) is 41.2 Å². The normalized spacial score (nSPS) is 13.3. The Labute approximate surface area is 106 Å². The summed E-state index contributed by atoms with van der Waals surface area (Å²) in [5.74, 6) is 0.498. The van der Waals surface area contributed by atoms with Gasteiger partial charge in [0.05, 0.1) is 23.2 Å². The van der Waals surface area contributed by atoms with Crippen molar-refractivity contribution in [2.75, 3.05) is 20.2 Å². The second-order valence-corrected chi connectivity index (χ2v) is 5.19. The predicted octanol–water partition coefficient (Wildman–Crippen LogP) is 2.13. The van der Waals surface area contributed by atoms with Crippen molar-refractivity contribution in [3.8, 4) is 0 Å².